The predicted octanol–water partition coefficient (Wildman–Crippen LogP) is 4.33. The van der Waals surface area contributed by atoms with Crippen molar-refractivity contribution in [2.75, 3.05) is 0 Å². The number of aliphatic carboxylic acids is 1. The van der Waals surface area contributed by atoms with Crippen LogP contribution in [0.5, 0.6) is 0 Å². The Hall–Kier alpha value is -1.90. The van der Waals surface area contributed by atoms with Gasteiger partial charge in [0.2, 0.25) is 0 Å². The maximum Gasteiger partial charge on any atom is 0.526 e. The summed E-state index contributed by atoms with van der Waals surface area (Å²) in [6.07, 6.45) is 1.34. The van der Waals surface area contributed by atoms with Gasteiger partial charge in [-0.3, -0.25) is 4.79 Å². The van der Waals surface area contributed by atoms with E-state index in [1.54, 1.807) is 24.3 Å². The molecule has 3 heterocycles. The zero-order valence-corrected chi connectivity index (χ0v) is 15.9. The van der Waals surface area contributed by atoms with Crippen LogP contribution in [0.2, 0.25) is 0 Å². The van der Waals surface area contributed by atoms with Crippen LogP contribution in [0.15, 0.2) is 40.7 Å². The van der Waals surface area contributed by atoms with Crippen molar-refractivity contribution in [2.45, 2.75) is 45.3 Å². The second-order valence-corrected chi connectivity index (χ2v) is 8.29. The largest absolute Gasteiger partial charge is 0.526 e. The lowest BCUT2D eigenvalue weighted by molar-refractivity contribution is -0.136. The summed E-state index contributed by atoms with van der Waals surface area (Å²) in [5.74, 6) is -0.603. The highest BCUT2D eigenvalue weighted by molar-refractivity contribution is 7.13. The molecule has 1 N–H and O–H groups in total. The molecule has 1 aliphatic rings. The highest BCUT2D eigenvalue weighted by Gasteiger charge is 2.54. The van der Waals surface area contributed by atoms with Gasteiger partial charge in [-0.05, 0) is 52.0 Å². The summed E-state index contributed by atoms with van der Waals surface area (Å²) in [6, 6.07) is 6.68. The Morgan fingerprint density at radius 3 is 2.38 bits per heavy atom. The van der Waals surface area contributed by atoms with Crippen LogP contribution in [-0.2, 0) is 20.5 Å². The van der Waals surface area contributed by atoms with Crippen LogP contribution in [0.3, 0.4) is 0 Å². The number of halogens is 1. The SMILES string of the molecule is CC1(C)OB(C(F)=C(c2ccco2)c2ccc(CC(=O)O)s2)OC1(C)C. The van der Waals surface area contributed by atoms with Gasteiger partial charge in [-0.1, -0.05) is 0 Å². The summed E-state index contributed by atoms with van der Waals surface area (Å²) in [4.78, 5) is 12.1. The molecule has 0 saturated carbocycles. The number of carbonyl (C=O) groups is 1. The molecule has 5 nitrogen and oxygen atoms in total. The Kier molecular flexibility index (Phi) is 4.85. The molecule has 8 heteroatoms. The lowest BCUT2D eigenvalue weighted by Crippen LogP contribution is -2.41. The Morgan fingerprint density at radius 1 is 1.19 bits per heavy atom. The Morgan fingerprint density at radius 2 is 1.85 bits per heavy atom. The van der Waals surface area contributed by atoms with Crippen LogP contribution < -0.4 is 0 Å². The first-order valence-electron chi connectivity index (χ1n) is 8.21. The predicted molar refractivity (Wildman–Crippen MR) is 97.6 cm³/mol. The third-order valence-electron chi connectivity index (χ3n) is 4.70. The van der Waals surface area contributed by atoms with Crippen molar-refractivity contribution < 1.29 is 28.0 Å². The molecular weight excluding hydrogens is 358 g/mol. The molecule has 0 radical (unpaired) electrons. The van der Waals surface area contributed by atoms with Gasteiger partial charge in [-0.25, -0.2) is 4.39 Å². The second-order valence-electron chi connectivity index (χ2n) is 7.12. The quantitative estimate of drug-likeness (QED) is 0.785. The molecule has 26 heavy (non-hydrogen) atoms. The number of hydrogen-bond donors (Lipinski definition) is 1. The molecule has 0 bridgehead atoms. The summed E-state index contributed by atoms with van der Waals surface area (Å²) in [5, 5.41) is 8.96. The van der Waals surface area contributed by atoms with Crippen molar-refractivity contribution in [1.82, 2.24) is 0 Å². The zero-order valence-electron chi connectivity index (χ0n) is 15.0. The molecule has 0 amide bonds. The minimum absolute atomic E-state index is 0.117. The van der Waals surface area contributed by atoms with Crippen LogP contribution >= 0.6 is 11.3 Å². The molecule has 1 saturated heterocycles. The van der Waals surface area contributed by atoms with Crippen LogP contribution in [-0.4, -0.2) is 29.4 Å². The third-order valence-corrected chi connectivity index (χ3v) is 5.80. The zero-order chi connectivity index (χ0) is 19.1. The van der Waals surface area contributed by atoms with Crippen molar-refractivity contribution >= 4 is 30.0 Å². The highest BCUT2D eigenvalue weighted by Crippen LogP contribution is 2.42. The summed E-state index contributed by atoms with van der Waals surface area (Å²) in [6.45, 7) is 7.40. The molecule has 0 aliphatic carbocycles. The lowest BCUT2D eigenvalue weighted by atomic mass is 9.83. The molecule has 0 atom stereocenters. The van der Waals surface area contributed by atoms with E-state index in [0.717, 1.165) is 0 Å². The van der Waals surface area contributed by atoms with Gasteiger partial charge in [0.05, 0.1) is 29.5 Å². The maximum absolute atomic E-state index is 15.4. The van der Waals surface area contributed by atoms with Gasteiger partial charge in [-0.15, -0.1) is 11.3 Å². The van der Waals surface area contributed by atoms with Crippen molar-refractivity contribution in [1.29, 1.82) is 0 Å². The molecule has 0 unspecified atom stereocenters. The van der Waals surface area contributed by atoms with E-state index < -0.39 is 30.0 Å². The second kappa shape index (κ2) is 6.68. The van der Waals surface area contributed by atoms with Crippen LogP contribution in [0.25, 0.3) is 5.57 Å². The number of carboxylic acid groups (broad SMARTS) is 1. The molecule has 0 aromatic carbocycles. The normalized spacial score (nSPS) is 19.5. The van der Waals surface area contributed by atoms with E-state index in [0.29, 0.717) is 15.5 Å². The topological polar surface area (TPSA) is 68.9 Å². The van der Waals surface area contributed by atoms with Gasteiger partial charge in [0, 0.05) is 9.75 Å². The number of carboxylic acids is 1. The van der Waals surface area contributed by atoms with Crippen molar-refractivity contribution in [3.63, 3.8) is 0 Å². The molecule has 3 rings (SSSR count). The molecule has 0 spiro atoms. The molecule has 138 valence electrons. The van der Waals surface area contributed by atoms with E-state index in [1.807, 2.05) is 27.7 Å². The van der Waals surface area contributed by atoms with Gasteiger partial charge in [-0.2, -0.15) is 0 Å². The van der Waals surface area contributed by atoms with E-state index >= 15 is 4.39 Å². The van der Waals surface area contributed by atoms with Crippen LogP contribution in [0, 0.1) is 0 Å². The highest BCUT2D eigenvalue weighted by atomic mass is 32.1. The van der Waals surface area contributed by atoms with Crippen molar-refractivity contribution in [3.05, 3.63) is 51.8 Å². The molecule has 1 aliphatic heterocycles. The van der Waals surface area contributed by atoms with E-state index in [9.17, 15) is 4.79 Å². The molecule has 2 aromatic heterocycles. The molecule has 2 aromatic rings. The van der Waals surface area contributed by atoms with Crippen molar-refractivity contribution in [2.24, 2.45) is 0 Å². The monoisotopic (exact) mass is 378 g/mol. The van der Waals surface area contributed by atoms with E-state index in [4.69, 9.17) is 18.8 Å². The number of hydrogen-bond acceptors (Lipinski definition) is 5. The number of rotatable bonds is 5. The fourth-order valence-electron chi connectivity index (χ4n) is 2.60. The van der Waals surface area contributed by atoms with Crippen LogP contribution in [0.1, 0.15) is 43.2 Å². The minimum Gasteiger partial charge on any atom is -0.481 e. The number of thiophene rings is 1. The van der Waals surface area contributed by atoms with Gasteiger partial charge in [0.25, 0.3) is 0 Å². The Labute approximate surface area is 155 Å². The van der Waals surface area contributed by atoms with E-state index in [-0.39, 0.29) is 12.0 Å². The fourth-order valence-corrected chi connectivity index (χ4v) is 3.65. The van der Waals surface area contributed by atoms with Crippen LogP contribution in [0.4, 0.5) is 4.39 Å². The number of furan rings is 1. The summed E-state index contributed by atoms with van der Waals surface area (Å²) in [5.41, 5.74) is -1.72. The first-order valence-corrected chi connectivity index (χ1v) is 9.02. The lowest BCUT2D eigenvalue weighted by Gasteiger charge is -2.32. The average Bonchev–Trinajstić information content (AvgIpc) is 3.21. The van der Waals surface area contributed by atoms with Gasteiger partial charge >= 0.3 is 13.1 Å². The minimum atomic E-state index is -1.16. The summed E-state index contributed by atoms with van der Waals surface area (Å²) >= 11 is 1.20. The standard InChI is InChI=1S/C18H20BFO5S/c1-17(2)18(3,4)25-19(24-17)16(20)15(12-6-5-9-23-12)13-8-7-11(26-13)10-14(21)22/h5-9H,10H2,1-4H3,(H,21,22). The van der Waals surface area contributed by atoms with Gasteiger partial charge in [0.1, 0.15) is 11.5 Å². The Bertz CT molecular complexity index is 822. The van der Waals surface area contributed by atoms with Gasteiger partial charge < -0.3 is 18.8 Å². The first-order chi connectivity index (χ1) is 12.1. The molecule has 1 fully saturated rings. The van der Waals surface area contributed by atoms with Crippen molar-refractivity contribution in [3.8, 4) is 0 Å². The summed E-state index contributed by atoms with van der Waals surface area (Å²) in [7, 11) is -1.16. The van der Waals surface area contributed by atoms with E-state index in [2.05, 4.69) is 0 Å². The Balaban J connectivity index is 2.03. The maximum atomic E-state index is 15.4. The van der Waals surface area contributed by atoms with Gasteiger partial charge in [0.15, 0.2) is 0 Å². The fraction of sp³-hybridized carbons (Fsp3) is 0.389. The van der Waals surface area contributed by atoms with E-state index in [1.165, 1.54) is 17.6 Å². The third kappa shape index (κ3) is 3.49. The molecular formula is C18H20BFO5S. The first kappa shape index (κ1) is 18.9. The smallest absolute Gasteiger partial charge is 0.481 e. The summed E-state index contributed by atoms with van der Waals surface area (Å²) < 4.78 is 32.5. The average molecular weight is 378 g/mol.